The zero-order valence-electron chi connectivity index (χ0n) is 11.5. The van der Waals surface area contributed by atoms with E-state index >= 15 is 0 Å². The summed E-state index contributed by atoms with van der Waals surface area (Å²) in [6.07, 6.45) is 0. The van der Waals surface area contributed by atoms with Crippen molar-refractivity contribution in [2.75, 3.05) is 20.3 Å². The fourth-order valence-electron chi connectivity index (χ4n) is 1.93. The predicted octanol–water partition coefficient (Wildman–Crippen LogP) is 2.52. The van der Waals surface area contributed by atoms with Crippen LogP contribution in [0.1, 0.15) is 11.5 Å². The molecule has 0 aliphatic heterocycles. The van der Waals surface area contributed by atoms with Gasteiger partial charge in [-0.15, -0.1) is 0 Å². The van der Waals surface area contributed by atoms with E-state index in [2.05, 4.69) is 0 Å². The third kappa shape index (κ3) is 3.65. The summed E-state index contributed by atoms with van der Waals surface area (Å²) in [5.74, 6) is 1.85. The zero-order chi connectivity index (χ0) is 14.4. The molecule has 1 unspecified atom stereocenters. The van der Waals surface area contributed by atoms with Gasteiger partial charge in [0.15, 0.2) is 0 Å². The van der Waals surface area contributed by atoms with Crippen LogP contribution in [0.15, 0.2) is 48.5 Å². The number of hydrogen-bond donors (Lipinski definition) is 2. The van der Waals surface area contributed by atoms with E-state index in [0.29, 0.717) is 13.2 Å². The second-order valence-electron chi connectivity index (χ2n) is 4.51. The summed E-state index contributed by atoms with van der Waals surface area (Å²) in [6.45, 7) is 0.961. The van der Waals surface area contributed by atoms with Crippen LogP contribution in [0.25, 0.3) is 0 Å². The number of aromatic hydroxyl groups is 1. The van der Waals surface area contributed by atoms with Crippen LogP contribution in [0.3, 0.4) is 0 Å². The van der Waals surface area contributed by atoms with E-state index in [9.17, 15) is 5.11 Å². The molecule has 106 valence electrons. The first kappa shape index (κ1) is 14.2. The van der Waals surface area contributed by atoms with Crippen molar-refractivity contribution in [3.63, 3.8) is 0 Å². The maximum absolute atomic E-state index is 9.30. The summed E-state index contributed by atoms with van der Waals surface area (Å²) < 4.78 is 10.9. The van der Waals surface area contributed by atoms with Crippen LogP contribution >= 0.6 is 0 Å². The second-order valence-corrected chi connectivity index (χ2v) is 4.51. The molecule has 0 saturated heterocycles. The van der Waals surface area contributed by atoms with Gasteiger partial charge in [-0.2, -0.15) is 0 Å². The molecule has 4 nitrogen and oxygen atoms in total. The van der Waals surface area contributed by atoms with Crippen LogP contribution in [-0.2, 0) is 0 Å². The Bertz CT molecular complexity index is 540. The highest BCUT2D eigenvalue weighted by atomic mass is 16.5. The van der Waals surface area contributed by atoms with Crippen molar-refractivity contribution in [3.8, 4) is 17.2 Å². The maximum atomic E-state index is 9.30. The lowest BCUT2D eigenvalue weighted by Gasteiger charge is -2.16. The molecule has 0 heterocycles. The van der Waals surface area contributed by atoms with Crippen LogP contribution in [0.4, 0.5) is 0 Å². The first-order valence-corrected chi connectivity index (χ1v) is 6.48. The Morgan fingerprint density at radius 1 is 1.10 bits per heavy atom. The summed E-state index contributed by atoms with van der Waals surface area (Å²) in [5.41, 5.74) is 6.85. The molecule has 0 bridgehead atoms. The number of phenols is 1. The molecule has 0 aromatic heterocycles. The monoisotopic (exact) mass is 273 g/mol. The Morgan fingerprint density at radius 3 is 2.45 bits per heavy atom. The average molecular weight is 273 g/mol. The zero-order valence-corrected chi connectivity index (χ0v) is 11.5. The minimum Gasteiger partial charge on any atom is -0.508 e. The van der Waals surface area contributed by atoms with E-state index in [1.54, 1.807) is 19.2 Å². The smallest absolute Gasteiger partial charge is 0.123 e. The molecule has 3 N–H and O–H groups in total. The summed E-state index contributed by atoms with van der Waals surface area (Å²) in [4.78, 5) is 0. The predicted molar refractivity (Wildman–Crippen MR) is 78.4 cm³/mol. The molecule has 0 radical (unpaired) electrons. The number of phenolic OH excluding ortho intramolecular Hbond substituents is 1. The van der Waals surface area contributed by atoms with E-state index in [0.717, 1.165) is 17.1 Å². The van der Waals surface area contributed by atoms with Gasteiger partial charge in [0.2, 0.25) is 0 Å². The van der Waals surface area contributed by atoms with Gasteiger partial charge in [-0.1, -0.05) is 18.2 Å². The third-order valence-electron chi connectivity index (χ3n) is 3.14. The van der Waals surface area contributed by atoms with Gasteiger partial charge in [0.1, 0.15) is 17.2 Å². The van der Waals surface area contributed by atoms with Crippen molar-refractivity contribution in [1.29, 1.82) is 0 Å². The summed E-state index contributed by atoms with van der Waals surface area (Å²) in [5, 5.41) is 9.30. The van der Waals surface area contributed by atoms with Gasteiger partial charge in [0, 0.05) is 18.5 Å². The van der Waals surface area contributed by atoms with Crippen molar-refractivity contribution in [3.05, 3.63) is 54.1 Å². The fraction of sp³-hybridized carbons (Fsp3) is 0.250. The summed E-state index contributed by atoms with van der Waals surface area (Å²) in [7, 11) is 1.62. The average Bonchev–Trinajstić information content (AvgIpc) is 2.50. The van der Waals surface area contributed by atoms with Crippen LogP contribution in [-0.4, -0.2) is 25.4 Å². The minimum atomic E-state index is 0.0850. The van der Waals surface area contributed by atoms with Crippen molar-refractivity contribution >= 4 is 0 Å². The van der Waals surface area contributed by atoms with Crippen molar-refractivity contribution in [2.24, 2.45) is 5.73 Å². The van der Waals surface area contributed by atoms with Gasteiger partial charge in [-0.3, -0.25) is 0 Å². The SMILES string of the molecule is COc1cccc(OCC(CN)c2ccc(O)cc2)c1. The van der Waals surface area contributed by atoms with E-state index < -0.39 is 0 Å². The first-order chi connectivity index (χ1) is 9.72. The Balaban J connectivity index is 2.01. The lowest BCUT2D eigenvalue weighted by Crippen LogP contribution is -2.19. The molecule has 4 heteroatoms. The highest BCUT2D eigenvalue weighted by molar-refractivity contribution is 5.33. The minimum absolute atomic E-state index is 0.0850. The lowest BCUT2D eigenvalue weighted by atomic mass is 10.0. The largest absolute Gasteiger partial charge is 0.508 e. The van der Waals surface area contributed by atoms with Crippen molar-refractivity contribution in [2.45, 2.75) is 5.92 Å². The standard InChI is InChI=1S/C16H19NO3/c1-19-15-3-2-4-16(9-15)20-11-13(10-17)12-5-7-14(18)8-6-12/h2-9,13,18H,10-11,17H2,1H3. The molecule has 2 aromatic carbocycles. The summed E-state index contributed by atoms with van der Waals surface area (Å²) in [6, 6.07) is 14.5. The van der Waals surface area contributed by atoms with Crippen LogP contribution in [0.2, 0.25) is 0 Å². The highest BCUT2D eigenvalue weighted by Crippen LogP contribution is 2.22. The molecule has 0 amide bonds. The Labute approximate surface area is 118 Å². The van der Waals surface area contributed by atoms with Gasteiger partial charge >= 0.3 is 0 Å². The third-order valence-corrected chi connectivity index (χ3v) is 3.14. The Kier molecular flexibility index (Phi) is 4.85. The Morgan fingerprint density at radius 2 is 1.80 bits per heavy atom. The van der Waals surface area contributed by atoms with E-state index in [1.165, 1.54) is 0 Å². The maximum Gasteiger partial charge on any atom is 0.123 e. The number of benzene rings is 2. The van der Waals surface area contributed by atoms with Gasteiger partial charge in [0.05, 0.1) is 13.7 Å². The van der Waals surface area contributed by atoms with Gasteiger partial charge in [0.25, 0.3) is 0 Å². The Hall–Kier alpha value is -2.20. The van der Waals surface area contributed by atoms with E-state index in [4.69, 9.17) is 15.2 Å². The van der Waals surface area contributed by atoms with Gasteiger partial charge in [-0.25, -0.2) is 0 Å². The molecule has 2 rings (SSSR count). The number of methoxy groups -OCH3 is 1. The molecule has 0 aliphatic rings. The van der Waals surface area contributed by atoms with Crippen LogP contribution in [0, 0.1) is 0 Å². The number of ether oxygens (including phenoxy) is 2. The molecule has 0 spiro atoms. The molecule has 1 atom stereocenters. The van der Waals surface area contributed by atoms with Crippen LogP contribution < -0.4 is 15.2 Å². The van der Waals surface area contributed by atoms with Crippen molar-refractivity contribution in [1.82, 2.24) is 0 Å². The molecule has 0 aliphatic carbocycles. The second kappa shape index (κ2) is 6.82. The number of hydrogen-bond acceptors (Lipinski definition) is 4. The first-order valence-electron chi connectivity index (χ1n) is 6.48. The quantitative estimate of drug-likeness (QED) is 0.849. The van der Waals surface area contributed by atoms with Gasteiger partial charge < -0.3 is 20.3 Å². The lowest BCUT2D eigenvalue weighted by molar-refractivity contribution is 0.288. The number of rotatable bonds is 6. The topological polar surface area (TPSA) is 64.7 Å². The molecule has 0 fully saturated rings. The molecule has 2 aromatic rings. The molecule has 0 saturated carbocycles. The van der Waals surface area contributed by atoms with Crippen molar-refractivity contribution < 1.29 is 14.6 Å². The normalized spacial score (nSPS) is 11.9. The molecular formula is C16H19NO3. The van der Waals surface area contributed by atoms with E-state index in [1.807, 2.05) is 36.4 Å². The summed E-state index contributed by atoms with van der Waals surface area (Å²) >= 11 is 0. The number of nitrogens with two attached hydrogens (primary N) is 1. The molecular weight excluding hydrogens is 254 g/mol. The fourth-order valence-corrected chi connectivity index (χ4v) is 1.93. The molecule has 20 heavy (non-hydrogen) atoms. The van der Waals surface area contributed by atoms with Gasteiger partial charge in [-0.05, 0) is 29.8 Å². The highest BCUT2D eigenvalue weighted by Gasteiger charge is 2.11. The van der Waals surface area contributed by atoms with E-state index in [-0.39, 0.29) is 11.7 Å². The van der Waals surface area contributed by atoms with Crippen LogP contribution in [0.5, 0.6) is 17.2 Å².